The van der Waals surface area contributed by atoms with Crippen molar-refractivity contribution in [3.8, 4) is 0 Å². The van der Waals surface area contributed by atoms with E-state index in [1.165, 1.54) is 18.2 Å². The van der Waals surface area contributed by atoms with Crippen molar-refractivity contribution >= 4 is 58.7 Å². The third kappa shape index (κ3) is 8.15. The molecule has 11 heteroatoms. The molecule has 9 nitrogen and oxygen atoms in total. The van der Waals surface area contributed by atoms with Crippen molar-refractivity contribution in [3.63, 3.8) is 0 Å². The van der Waals surface area contributed by atoms with E-state index in [-0.39, 0.29) is 29.4 Å². The Labute approximate surface area is 177 Å². The molecule has 4 N–H and O–H groups in total. The number of thiocarbonyl (C=S) groups is 1. The highest BCUT2D eigenvalue weighted by Gasteiger charge is 2.14. The number of hydrogen-bond donors (Lipinski definition) is 5. The number of nitro groups is 1. The molecule has 0 bridgehead atoms. The number of benzene rings is 2. The number of carbonyl (C=O) groups excluding carboxylic acids is 2. The molecular weight excluding hydrogens is 414 g/mol. The normalized spacial score (nSPS) is 11.1. The van der Waals surface area contributed by atoms with Crippen molar-refractivity contribution in [3.05, 3.63) is 64.7 Å². The van der Waals surface area contributed by atoms with Crippen molar-refractivity contribution < 1.29 is 14.5 Å². The number of rotatable bonds is 8. The van der Waals surface area contributed by atoms with Gasteiger partial charge < -0.3 is 10.6 Å². The molecule has 0 fully saturated rings. The molecule has 0 spiro atoms. The van der Waals surface area contributed by atoms with Crippen LogP contribution in [0.15, 0.2) is 54.6 Å². The Bertz CT molecular complexity index is 895. The number of nitro benzene ring substituents is 1. The predicted octanol–water partition coefficient (Wildman–Crippen LogP) is 2.63. The van der Waals surface area contributed by atoms with Gasteiger partial charge in [0, 0.05) is 29.9 Å². The highest BCUT2D eigenvalue weighted by molar-refractivity contribution is 7.81. The quantitative estimate of drug-likeness (QED) is 0.107. The summed E-state index contributed by atoms with van der Waals surface area (Å²) in [7, 11) is 0. The van der Waals surface area contributed by atoms with Crippen LogP contribution in [0.3, 0.4) is 0 Å². The van der Waals surface area contributed by atoms with E-state index in [0.29, 0.717) is 5.69 Å². The maximum Gasteiger partial charge on any atom is 0.271 e. The molecule has 0 aliphatic heterocycles. The minimum atomic E-state index is -0.571. The molecule has 1 unspecified atom stereocenters. The summed E-state index contributed by atoms with van der Waals surface area (Å²) in [5, 5.41) is 16.1. The lowest BCUT2D eigenvalue weighted by molar-refractivity contribution is -0.384. The summed E-state index contributed by atoms with van der Waals surface area (Å²) in [6.45, 7) is 0. The first-order chi connectivity index (χ1) is 13.8. The van der Waals surface area contributed by atoms with Crippen LogP contribution in [0.4, 0.5) is 17.1 Å². The van der Waals surface area contributed by atoms with Gasteiger partial charge in [0.2, 0.25) is 5.91 Å². The summed E-state index contributed by atoms with van der Waals surface area (Å²) in [5.41, 5.74) is 5.85. The molecule has 1 amide bonds. The molecular formula is C18H19N5O4S2. The fourth-order valence-electron chi connectivity index (χ4n) is 2.27. The van der Waals surface area contributed by atoms with Crippen LogP contribution < -0.4 is 21.5 Å². The van der Waals surface area contributed by atoms with Gasteiger partial charge in [-0.25, -0.2) is 0 Å². The lowest BCUT2D eigenvalue weighted by atomic mass is 10.2. The van der Waals surface area contributed by atoms with Crippen LogP contribution in [0.2, 0.25) is 0 Å². The zero-order valence-electron chi connectivity index (χ0n) is 15.1. The Hall–Kier alpha value is -3.18. The number of nitrogens with one attached hydrogen (secondary N) is 4. The van der Waals surface area contributed by atoms with Gasteiger partial charge in [-0.1, -0.05) is 24.3 Å². The number of ketones is 1. The summed E-state index contributed by atoms with van der Waals surface area (Å²) < 4.78 is 0. The highest BCUT2D eigenvalue weighted by Crippen LogP contribution is 2.16. The average molecular weight is 434 g/mol. The summed E-state index contributed by atoms with van der Waals surface area (Å²) in [6, 6.07) is 15.0. The fourth-order valence-corrected chi connectivity index (χ4v) is 2.80. The second-order valence-electron chi connectivity index (χ2n) is 5.88. The topological polar surface area (TPSA) is 125 Å². The van der Waals surface area contributed by atoms with Crippen molar-refractivity contribution in [2.24, 2.45) is 0 Å². The molecule has 0 saturated carbocycles. The standard InChI is InChI=1S/C18H19N5O4S2/c24-15(11-17(28)19-12-5-2-1-3-6-12)10-16(25)21-22-18(29)20-13-7-4-8-14(9-13)23(26)27/h1-9,17,19,28H,10-11H2,(H,21,25)(H2,20,22,29). The molecule has 29 heavy (non-hydrogen) atoms. The molecule has 0 aromatic heterocycles. The lowest BCUT2D eigenvalue weighted by Gasteiger charge is -2.14. The van der Waals surface area contributed by atoms with E-state index in [2.05, 4.69) is 34.1 Å². The van der Waals surface area contributed by atoms with Crippen LogP contribution >= 0.6 is 24.8 Å². The summed E-state index contributed by atoms with van der Waals surface area (Å²) in [4.78, 5) is 34.1. The van der Waals surface area contributed by atoms with E-state index in [1.54, 1.807) is 6.07 Å². The average Bonchev–Trinajstić information content (AvgIpc) is 2.67. The Kier molecular flexibility index (Phi) is 8.37. The van der Waals surface area contributed by atoms with E-state index >= 15 is 0 Å². The van der Waals surface area contributed by atoms with Gasteiger partial charge in [0.1, 0.15) is 5.78 Å². The predicted molar refractivity (Wildman–Crippen MR) is 118 cm³/mol. The zero-order chi connectivity index (χ0) is 21.2. The Morgan fingerprint density at radius 2 is 1.76 bits per heavy atom. The van der Waals surface area contributed by atoms with E-state index in [0.717, 1.165) is 5.69 Å². The Balaban J connectivity index is 1.71. The molecule has 0 aliphatic carbocycles. The zero-order valence-corrected chi connectivity index (χ0v) is 16.8. The van der Waals surface area contributed by atoms with E-state index < -0.39 is 16.2 Å². The lowest BCUT2D eigenvalue weighted by Crippen LogP contribution is -2.44. The van der Waals surface area contributed by atoms with E-state index in [4.69, 9.17) is 12.2 Å². The van der Waals surface area contributed by atoms with Crippen molar-refractivity contribution in [2.75, 3.05) is 10.6 Å². The van der Waals surface area contributed by atoms with Crippen molar-refractivity contribution in [2.45, 2.75) is 18.2 Å². The highest BCUT2D eigenvalue weighted by atomic mass is 32.1. The maximum absolute atomic E-state index is 12.0. The van der Waals surface area contributed by atoms with Crippen LogP contribution in [0, 0.1) is 10.1 Å². The number of Topliss-reactive ketones (excluding diaryl/α,β-unsaturated/α-hetero) is 1. The van der Waals surface area contributed by atoms with Gasteiger partial charge in [0.15, 0.2) is 5.11 Å². The molecule has 0 radical (unpaired) electrons. The van der Waals surface area contributed by atoms with Gasteiger partial charge in [-0.15, -0.1) is 0 Å². The molecule has 0 saturated heterocycles. The number of hydrazine groups is 1. The molecule has 1 atom stereocenters. The smallest absolute Gasteiger partial charge is 0.271 e. The van der Waals surface area contributed by atoms with Gasteiger partial charge >= 0.3 is 0 Å². The summed E-state index contributed by atoms with van der Waals surface area (Å²) in [6.07, 6.45) is -0.290. The monoisotopic (exact) mass is 433 g/mol. The fraction of sp³-hybridized carbons (Fsp3) is 0.167. The number of carbonyl (C=O) groups is 2. The molecule has 2 aromatic carbocycles. The van der Waals surface area contributed by atoms with Crippen molar-refractivity contribution in [1.29, 1.82) is 0 Å². The third-order valence-electron chi connectivity index (χ3n) is 3.52. The van der Waals surface area contributed by atoms with Gasteiger partial charge in [-0.2, -0.15) is 12.6 Å². The molecule has 0 aliphatic rings. The van der Waals surface area contributed by atoms with Gasteiger partial charge in [0.05, 0.1) is 16.7 Å². The van der Waals surface area contributed by atoms with Gasteiger partial charge in [-0.05, 0) is 30.4 Å². The van der Waals surface area contributed by atoms with Crippen LogP contribution in [0.5, 0.6) is 0 Å². The third-order valence-corrected chi connectivity index (χ3v) is 4.03. The van der Waals surface area contributed by atoms with Gasteiger partial charge in [0.25, 0.3) is 5.69 Å². The number of nitrogens with zero attached hydrogens (tertiary/aromatic N) is 1. The SMILES string of the molecule is O=C(CC(=O)NNC(=S)Nc1cccc([N+](=O)[O-])c1)CC(S)Nc1ccccc1. The first-order valence-electron chi connectivity index (χ1n) is 8.45. The first kappa shape index (κ1) is 22.1. The molecule has 0 heterocycles. The summed E-state index contributed by atoms with van der Waals surface area (Å²) >= 11 is 9.31. The van der Waals surface area contributed by atoms with Crippen LogP contribution in [0.1, 0.15) is 12.8 Å². The minimum Gasteiger partial charge on any atom is -0.373 e. The number of amides is 1. The number of hydrogen-bond acceptors (Lipinski definition) is 7. The van der Waals surface area contributed by atoms with Gasteiger partial charge in [-0.3, -0.25) is 30.6 Å². The van der Waals surface area contributed by atoms with Crippen LogP contribution in [0.25, 0.3) is 0 Å². The van der Waals surface area contributed by atoms with E-state index in [1.807, 2.05) is 30.3 Å². The number of non-ortho nitro benzene ring substituents is 1. The minimum absolute atomic E-state index is 0.0177. The second kappa shape index (κ2) is 11.0. The number of thiol groups is 1. The second-order valence-corrected chi connectivity index (χ2v) is 6.91. The summed E-state index contributed by atoms with van der Waals surface area (Å²) in [5.74, 6) is -0.872. The van der Waals surface area contributed by atoms with E-state index in [9.17, 15) is 19.7 Å². The first-order valence-corrected chi connectivity index (χ1v) is 9.37. The Morgan fingerprint density at radius 1 is 1.07 bits per heavy atom. The number of anilines is 2. The molecule has 152 valence electrons. The Morgan fingerprint density at radius 3 is 2.45 bits per heavy atom. The molecule has 2 rings (SSSR count). The van der Waals surface area contributed by atoms with Crippen molar-refractivity contribution in [1.82, 2.24) is 10.9 Å². The molecule has 2 aromatic rings. The van der Waals surface area contributed by atoms with Crippen LogP contribution in [-0.2, 0) is 9.59 Å². The maximum atomic E-state index is 12.0. The largest absolute Gasteiger partial charge is 0.373 e. The van der Waals surface area contributed by atoms with Crippen LogP contribution in [-0.4, -0.2) is 27.1 Å². The number of para-hydroxylation sites is 1.